The predicted molar refractivity (Wildman–Crippen MR) is 191 cm³/mol. The van der Waals surface area contributed by atoms with Gasteiger partial charge in [-0.15, -0.1) is 0 Å². The molecule has 0 atom stereocenters. The summed E-state index contributed by atoms with van der Waals surface area (Å²) < 4.78 is 61.4. The van der Waals surface area contributed by atoms with Crippen LogP contribution < -0.4 is 16.1 Å². The van der Waals surface area contributed by atoms with Crippen LogP contribution in [0.1, 0.15) is 65.9 Å². The fourth-order valence-electron chi connectivity index (χ4n) is 7.39. The highest BCUT2D eigenvalue weighted by Crippen LogP contribution is 2.42. The number of aryl methyl sites for hydroxylation is 1. The summed E-state index contributed by atoms with van der Waals surface area (Å²) in [5.74, 6) is -1.97. The highest BCUT2D eigenvalue weighted by Gasteiger charge is 2.39. The van der Waals surface area contributed by atoms with E-state index in [4.69, 9.17) is 4.42 Å². The largest absolute Gasteiger partial charge is 0.423 e. The maximum absolute atomic E-state index is 15.0. The summed E-state index contributed by atoms with van der Waals surface area (Å²) in [5, 5.41) is 7.49. The van der Waals surface area contributed by atoms with E-state index in [1.54, 1.807) is 30.3 Å². The normalized spacial score (nSPS) is 15.8. The number of benzene rings is 3. The van der Waals surface area contributed by atoms with Gasteiger partial charge in [0.25, 0.3) is 11.5 Å². The molecule has 15 heteroatoms. The van der Waals surface area contributed by atoms with Crippen LogP contribution in [-0.2, 0) is 28.6 Å². The first kappa shape index (κ1) is 36.5. The topological polar surface area (TPSA) is 137 Å². The molecule has 280 valence electrons. The molecule has 7 rings (SSSR count). The molecule has 0 aliphatic carbocycles. The lowest BCUT2D eigenvalue weighted by atomic mass is 9.85. The smallest absolute Gasteiger partial charge is 0.417 e. The molecule has 1 fully saturated rings. The van der Waals surface area contributed by atoms with Crippen molar-refractivity contribution >= 4 is 45.2 Å². The number of carbonyl (C=O) groups is 3. The second-order valence-electron chi connectivity index (χ2n) is 14.2. The average Bonchev–Trinajstić information content (AvgIpc) is 3.14. The zero-order valence-corrected chi connectivity index (χ0v) is 29.4. The van der Waals surface area contributed by atoms with Crippen molar-refractivity contribution in [2.45, 2.75) is 57.7 Å². The molecule has 0 unspecified atom stereocenters. The van der Waals surface area contributed by atoms with Crippen LogP contribution in [0.2, 0.25) is 0 Å². The van der Waals surface area contributed by atoms with E-state index in [2.05, 4.69) is 10.2 Å². The number of aromatic amines is 1. The van der Waals surface area contributed by atoms with Crippen LogP contribution in [0.15, 0.2) is 74.7 Å². The number of amides is 3. The van der Waals surface area contributed by atoms with Crippen molar-refractivity contribution in [2.75, 3.05) is 31.1 Å². The molecule has 1 saturated heterocycles. The number of hydrogen-bond acceptors (Lipinski definition) is 7. The van der Waals surface area contributed by atoms with Crippen molar-refractivity contribution in [3.8, 4) is 0 Å². The molecule has 3 amide bonds. The molecule has 3 aromatic carbocycles. The quantitative estimate of drug-likeness (QED) is 0.177. The van der Waals surface area contributed by atoms with Crippen molar-refractivity contribution in [1.82, 2.24) is 20.0 Å². The Morgan fingerprint density at radius 1 is 0.870 bits per heavy atom. The van der Waals surface area contributed by atoms with Crippen LogP contribution in [0, 0.1) is 5.82 Å². The minimum absolute atomic E-state index is 0.127. The predicted octanol–water partition coefficient (Wildman–Crippen LogP) is 5.60. The Labute approximate surface area is 305 Å². The Bertz CT molecular complexity index is 2450. The SMILES string of the molecule is CC1(C)CCc2cc3c(C(F)(F)F)cc(=O)oc3cc2N1C(=O)CCC(=O)N1CCN(C(=O)c2cc(Cc3n[nH]c(=O)c4ccccc34)ccc2F)CC1. The average molecular weight is 746 g/mol. The molecule has 1 N–H and O–H groups in total. The number of fused-ring (bicyclic) bond motifs is 3. The van der Waals surface area contributed by atoms with E-state index in [0.29, 0.717) is 52.2 Å². The maximum atomic E-state index is 15.0. The van der Waals surface area contributed by atoms with Gasteiger partial charge < -0.3 is 19.1 Å². The number of H-pyrrole nitrogens is 1. The Balaban J connectivity index is 0.999. The molecule has 11 nitrogen and oxygen atoms in total. The molecule has 4 heterocycles. The summed E-state index contributed by atoms with van der Waals surface area (Å²) in [4.78, 5) is 69.1. The number of halogens is 4. The third kappa shape index (κ3) is 6.97. The lowest BCUT2D eigenvalue weighted by Crippen LogP contribution is -2.52. The van der Waals surface area contributed by atoms with E-state index in [1.165, 1.54) is 39.0 Å². The standard InChI is InChI=1S/C39H35F4N5O6/c1-38(2)12-11-23-19-26-28(39(41,42)43)20-35(51)54-32(26)21-31(23)48(38)34(50)10-9-33(49)46-13-15-47(16-14-46)37(53)27-17-22(7-8-29(27)40)18-30-24-5-3-4-6-25(24)36(52)45-44-30/h3-8,17,19-21H,9-16,18H2,1-2H3,(H,45,52). The van der Waals surface area contributed by atoms with Crippen LogP contribution in [0.25, 0.3) is 21.7 Å². The fraction of sp³-hybridized carbons (Fsp3) is 0.333. The molecule has 5 aromatic rings. The van der Waals surface area contributed by atoms with Crippen LogP contribution in [0.5, 0.6) is 0 Å². The van der Waals surface area contributed by atoms with Gasteiger partial charge in [0.05, 0.1) is 27.9 Å². The van der Waals surface area contributed by atoms with Gasteiger partial charge in [-0.25, -0.2) is 14.3 Å². The van der Waals surface area contributed by atoms with Crippen LogP contribution in [0.3, 0.4) is 0 Å². The molecule has 2 aliphatic heterocycles. The molecule has 0 saturated carbocycles. The monoisotopic (exact) mass is 745 g/mol. The van der Waals surface area contributed by atoms with E-state index in [9.17, 15) is 41.5 Å². The van der Waals surface area contributed by atoms with Gasteiger partial charge in [-0.2, -0.15) is 18.3 Å². The highest BCUT2D eigenvalue weighted by molar-refractivity contribution is 6.00. The third-order valence-electron chi connectivity index (χ3n) is 10.2. The highest BCUT2D eigenvalue weighted by atomic mass is 19.4. The first-order chi connectivity index (χ1) is 25.6. The lowest BCUT2D eigenvalue weighted by molar-refractivity contribution is -0.136. The Kier molecular flexibility index (Phi) is 9.36. The summed E-state index contributed by atoms with van der Waals surface area (Å²) in [6, 6.07) is 14.2. The van der Waals surface area contributed by atoms with Crippen molar-refractivity contribution in [1.29, 1.82) is 0 Å². The van der Waals surface area contributed by atoms with E-state index < -0.39 is 40.5 Å². The summed E-state index contributed by atoms with van der Waals surface area (Å²) in [7, 11) is 0. The second kappa shape index (κ2) is 13.8. The molecular weight excluding hydrogens is 710 g/mol. The van der Waals surface area contributed by atoms with Crippen LogP contribution in [-0.4, -0.2) is 69.4 Å². The van der Waals surface area contributed by atoms with E-state index in [-0.39, 0.29) is 73.4 Å². The number of hydrogen-bond donors (Lipinski definition) is 1. The summed E-state index contributed by atoms with van der Waals surface area (Å²) >= 11 is 0. The minimum atomic E-state index is -4.78. The number of rotatable bonds is 6. The van der Waals surface area contributed by atoms with Crippen molar-refractivity contribution in [3.63, 3.8) is 0 Å². The van der Waals surface area contributed by atoms with Gasteiger partial charge >= 0.3 is 11.8 Å². The molecular formula is C39H35F4N5O6. The van der Waals surface area contributed by atoms with E-state index in [0.717, 1.165) is 0 Å². The number of carbonyl (C=O) groups excluding carboxylic acids is 3. The van der Waals surface area contributed by atoms with Crippen LogP contribution in [0.4, 0.5) is 23.2 Å². The van der Waals surface area contributed by atoms with Gasteiger partial charge in [-0.1, -0.05) is 24.3 Å². The molecule has 54 heavy (non-hydrogen) atoms. The Morgan fingerprint density at radius 3 is 2.28 bits per heavy atom. The first-order valence-corrected chi connectivity index (χ1v) is 17.4. The lowest BCUT2D eigenvalue weighted by Gasteiger charge is -2.43. The summed E-state index contributed by atoms with van der Waals surface area (Å²) in [6.45, 7) is 4.24. The van der Waals surface area contributed by atoms with Gasteiger partial charge in [-0.05, 0) is 62.1 Å². The Morgan fingerprint density at radius 2 is 1.56 bits per heavy atom. The number of nitrogens with zero attached hydrogens (tertiary/aromatic N) is 4. The zero-order chi connectivity index (χ0) is 38.5. The molecule has 0 radical (unpaired) electrons. The van der Waals surface area contributed by atoms with Gasteiger partial charge in [0.1, 0.15) is 11.4 Å². The summed E-state index contributed by atoms with van der Waals surface area (Å²) in [5.41, 5.74) is -1.77. The molecule has 2 aliphatic rings. The van der Waals surface area contributed by atoms with Gasteiger partial charge in [-0.3, -0.25) is 19.2 Å². The maximum Gasteiger partial charge on any atom is 0.417 e. The molecule has 0 bridgehead atoms. The number of nitrogens with one attached hydrogen (secondary N) is 1. The zero-order valence-electron chi connectivity index (χ0n) is 29.4. The summed E-state index contributed by atoms with van der Waals surface area (Å²) in [6.07, 6.45) is -4.05. The Hall–Kier alpha value is -5.86. The van der Waals surface area contributed by atoms with E-state index in [1.807, 2.05) is 13.8 Å². The fourth-order valence-corrected chi connectivity index (χ4v) is 7.39. The number of alkyl halides is 3. The first-order valence-electron chi connectivity index (χ1n) is 17.4. The molecule has 0 spiro atoms. The van der Waals surface area contributed by atoms with Crippen molar-refractivity contribution in [2.24, 2.45) is 0 Å². The van der Waals surface area contributed by atoms with Gasteiger partial charge in [0.15, 0.2) is 0 Å². The minimum Gasteiger partial charge on any atom is -0.423 e. The van der Waals surface area contributed by atoms with Crippen molar-refractivity contribution in [3.05, 3.63) is 115 Å². The number of aromatic nitrogens is 2. The van der Waals surface area contributed by atoms with Gasteiger partial charge in [0.2, 0.25) is 11.8 Å². The van der Waals surface area contributed by atoms with Crippen molar-refractivity contribution < 1.29 is 36.4 Å². The van der Waals surface area contributed by atoms with Crippen LogP contribution >= 0.6 is 0 Å². The number of anilines is 1. The third-order valence-corrected chi connectivity index (χ3v) is 10.2. The number of piperazine rings is 1. The molecule has 2 aromatic heterocycles. The van der Waals surface area contributed by atoms with Gasteiger partial charge in [0, 0.05) is 73.9 Å². The van der Waals surface area contributed by atoms with E-state index >= 15 is 0 Å². The second-order valence-corrected chi connectivity index (χ2v) is 14.2.